The first-order valence-corrected chi connectivity index (χ1v) is 11.2. The molecule has 166 valence electrons. The zero-order valence-electron chi connectivity index (χ0n) is 18.5. The molecule has 1 amide bonds. The molecule has 28 heavy (non-hydrogen) atoms. The Labute approximate surface area is 172 Å². The smallest absolute Gasteiger partial charge is 0.223 e. The van der Waals surface area contributed by atoms with Crippen LogP contribution in [0.1, 0.15) is 59.8 Å². The molecule has 1 aliphatic carbocycles. The Kier molecular flexibility index (Phi) is 14.6. The molecule has 0 aromatic carbocycles. The molecular formula is C22H43NO5. The van der Waals surface area contributed by atoms with E-state index < -0.39 is 0 Å². The van der Waals surface area contributed by atoms with Crippen LogP contribution in [-0.4, -0.2) is 64.8 Å². The van der Waals surface area contributed by atoms with Gasteiger partial charge < -0.3 is 24.3 Å². The molecule has 0 spiro atoms. The zero-order chi connectivity index (χ0) is 20.6. The molecular weight excluding hydrogens is 358 g/mol. The summed E-state index contributed by atoms with van der Waals surface area (Å²) in [6, 6.07) is 0. The highest BCUT2D eigenvalue weighted by atomic mass is 16.6. The van der Waals surface area contributed by atoms with Crippen LogP contribution >= 0.6 is 0 Å². The van der Waals surface area contributed by atoms with Crippen LogP contribution in [0.3, 0.4) is 0 Å². The predicted molar refractivity (Wildman–Crippen MR) is 111 cm³/mol. The Morgan fingerprint density at radius 3 is 1.93 bits per heavy atom. The molecule has 1 rings (SSSR count). The van der Waals surface area contributed by atoms with Crippen LogP contribution in [0.25, 0.3) is 0 Å². The van der Waals surface area contributed by atoms with Crippen molar-refractivity contribution < 1.29 is 23.7 Å². The van der Waals surface area contributed by atoms with E-state index in [2.05, 4.69) is 19.2 Å². The second-order valence-electron chi connectivity index (χ2n) is 8.04. The summed E-state index contributed by atoms with van der Waals surface area (Å²) in [6.07, 6.45) is 5.92. The molecule has 1 unspecified atom stereocenters. The van der Waals surface area contributed by atoms with E-state index in [0.717, 1.165) is 24.7 Å². The fourth-order valence-electron chi connectivity index (χ4n) is 3.56. The highest BCUT2D eigenvalue weighted by molar-refractivity contribution is 5.78. The molecule has 0 aromatic rings. The van der Waals surface area contributed by atoms with Gasteiger partial charge in [-0.05, 0) is 51.4 Å². The summed E-state index contributed by atoms with van der Waals surface area (Å²) in [7, 11) is 0. The van der Waals surface area contributed by atoms with Gasteiger partial charge in [0.1, 0.15) is 0 Å². The van der Waals surface area contributed by atoms with Crippen LogP contribution in [0.5, 0.6) is 0 Å². The number of carbonyl (C=O) groups is 1. The maximum Gasteiger partial charge on any atom is 0.223 e. The Morgan fingerprint density at radius 2 is 1.39 bits per heavy atom. The quantitative estimate of drug-likeness (QED) is 0.401. The first-order valence-electron chi connectivity index (χ1n) is 11.2. The maximum absolute atomic E-state index is 12.2. The fraction of sp³-hybridized carbons (Fsp3) is 0.955. The lowest BCUT2D eigenvalue weighted by Crippen LogP contribution is -2.35. The lowest BCUT2D eigenvalue weighted by Gasteiger charge is -2.31. The third-order valence-electron chi connectivity index (χ3n) is 5.56. The van der Waals surface area contributed by atoms with Crippen LogP contribution < -0.4 is 5.32 Å². The van der Waals surface area contributed by atoms with Gasteiger partial charge in [0.05, 0.1) is 52.4 Å². The van der Waals surface area contributed by atoms with Gasteiger partial charge in [0.15, 0.2) is 0 Å². The molecule has 1 fully saturated rings. The third-order valence-corrected chi connectivity index (χ3v) is 5.56. The van der Waals surface area contributed by atoms with Gasteiger partial charge in [-0.1, -0.05) is 20.3 Å². The Morgan fingerprint density at radius 1 is 0.857 bits per heavy atom. The molecule has 0 radical (unpaired) electrons. The minimum absolute atomic E-state index is 0.189. The van der Waals surface area contributed by atoms with Crippen molar-refractivity contribution >= 4 is 5.91 Å². The number of amides is 1. The number of rotatable bonds is 16. The average molecular weight is 402 g/mol. The van der Waals surface area contributed by atoms with E-state index in [1.54, 1.807) is 0 Å². The highest BCUT2D eigenvalue weighted by Crippen LogP contribution is 2.34. The molecule has 0 bridgehead atoms. The van der Waals surface area contributed by atoms with Gasteiger partial charge in [0.2, 0.25) is 5.91 Å². The van der Waals surface area contributed by atoms with Crippen molar-refractivity contribution in [2.45, 2.75) is 65.9 Å². The Bertz CT molecular complexity index is 383. The van der Waals surface area contributed by atoms with Crippen LogP contribution in [0.2, 0.25) is 0 Å². The van der Waals surface area contributed by atoms with Gasteiger partial charge in [0, 0.05) is 12.5 Å². The first kappa shape index (κ1) is 25.3. The van der Waals surface area contributed by atoms with Crippen molar-refractivity contribution in [3.05, 3.63) is 0 Å². The van der Waals surface area contributed by atoms with Crippen molar-refractivity contribution in [2.24, 2.45) is 17.8 Å². The molecule has 0 heterocycles. The lowest BCUT2D eigenvalue weighted by molar-refractivity contribution is -0.126. The first-order chi connectivity index (χ1) is 13.5. The van der Waals surface area contributed by atoms with Crippen molar-refractivity contribution in [3.63, 3.8) is 0 Å². The summed E-state index contributed by atoms with van der Waals surface area (Å²) in [6.45, 7) is 13.1. The molecule has 0 saturated heterocycles. The van der Waals surface area contributed by atoms with Crippen LogP contribution in [-0.2, 0) is 23.7 Å². The number of carbonyl (C=O) groups excluding carboxylic acids is 1. The van der Waals surface area contributed by atoms with Gasteiger partial charge >= 0.3 is 0 Å². The molecule has 1 saturated carbocycles. The number of hydrogen-bond acceptors (Lipinski definition) is 5. The standard InChI is InChI=1S/C22H43NO5/c1-5-19(4)20-6-8-21(9-7-20)22(24)23-10-11-25-12-13-26-14-15-27-16-17-28-18(2)3/h18-21H,5-17H2,1-4H3,(H,23,24). The van der Waals surface area contributed by atoms with Crippen molar-refractivity contribution in [1.82, 2.24) is 5.32 Å². The minimum atomic E-state index is 0.189. The molecule has 1 atom stereocenters. The van der Waals surface area contributed by atoms with Gasteiger partial charge in [-0.2, -0.15) is 0 Å². The number of nitrogens with one attached hydrogen (secondary N) is 1. The second-order valence-corrected chi connectivity index (χ2v) is 8.04. The van der Waals surface area contributed by atoms with E-state index in [-0.39, 0.29) is 17.9 Å². The van der Waals surface area contributed by atoms with E-state index in [0.29, 0.717) is 52.8 Å². The normalized spacial score (nSPS) is 21.0. The minimum Gasteiger partial charge on any atom is -0.377 e. The Hall–Kier alpha value is -0.690. The summed E-state index contributed by atoms with van der Waals surface area (Å²) in [5, 5.41) is 3.01. The third kappa shape index (κ3) is 12.0. The average Bonchev–Trinajstić information content (AvgIpc) is 2.70. The van der Waals surface area contributed by atoms with Crippen molar-refractivity contribution in [2.75, 3.05) is 52.8 Å². The highest BCUT2D eigenvalue weighted by Gasteiger charge is 2.28. The SMILES string of the molecule is CCC(C)C1CCC(C(=O)NCCOCCOCCOCCOC(C)C)CC1. The summed E-state index contributed by atoms with van der Waals surface area (Å²) < 4.78 is 21.7. The van der Waals surface area contributed by atoms with E-state index in [1.807, 2.05) is 13.8 Å². The topological polar surface area (TPSA) is 66.0 Å². The van der Waals surface area contributed by atoms with Gasteiger partial charge in [-0.25, -0.2) is 0 Å². The molecule has 1 aliphatic rings. The van der Waals surface area contributed by atoms with Gasteiger partial charge in [-0.15, -0.1) is 0 Å². The number of hydrogen-bond donors (Lipinski definition) is 1. The Balaban J connectivity index is 1.87. The van der Waals surface area contributed by atoms with Crippen LogP contribution in [0, 0.1) is 17.8 Å². The number of ether oxygens (including phenoxy) is 4. The van der Waals surface area contributed by atoms with E-state index in [9.17, 15) is 4.79 Å². The summed E-state index contributed by atoms with van der Waals surface area (Å²) in [5.74, 6) is 1.97. The van der Waals surface area contributed by atoms with E-state index in [1.165, 1.54) is 19.3 Å². The van der Waals surface area contributed by atoms with Crippen LogP contribution in [0.15, 0.2) is 0 Å². The summed E-state index contributed by atoms with van der Waals surface area (Å²) >= 11 is 0. The van der Waals surface area contributed by atoms with E-state index >= 15 is 0 Å². The van der Waals surface area contributed by atoms with Gasteiger partial charge in [-0.3, -0.25) is 4.79 Å². The van der Waals surface area contributed by atoms with Crippen molar-refractivity contribution in [3.8, 4) is 0 Å². The lowest BCUT2D eigenvalue weighted by atomic mass is 9.75. The summed E-state index contributed by atoms with van der Waals surface area (Å²) in [5.41, 5.74) is 0. The molecule has 6 heteroatoms. The summed E-state index contributed by atoms with van der Waals surface area (Å²) in [4.78, 5) is 12.2. The second kappa shape index (κ2) is 16.1. The van der Waals surface area contributed by atoms with Crippen LogP contribution in [0.4, 0.5) is 0 Å². The molecule has 1 N–H and O–H groups in total. The van der Waals surface area contributed by atoms with Gasteiger partial charge in [0.25, 0.3) is 0 Å². The monoisotopic (exact) mass is 401 g/mol. The zero-order valence-corrected chi connectivity index (χ0v) is 18.5. The largest absolute Gasteiger partial charge is 0.377 e. The predicted octanol–water partition coefficient (Wildman–Crippen LogP) is 3.43. The maximum atomic E-state index is 12.2. The molecule has 0 aromatic heterocycles. The molecule has 0 aliphatic heterocycles. The molecule has 6 nitrogen and oxygen atoms in total. The van der Waals surface area contributed by atoms with E-state index in [4.69, 9.17) is 18.9 Å². The fourth-order valence-corrected chi connectivity index (χ4v) is 3.56. The van der Waals surface area contributed by atoms with Crippen molar-refractivity contribution in [1.29, 1.82) is 0 Å².